The van der Waals surface area contributed by atoms with Gasteiger partial charge in [-0.1, -0.05) is 26.1 Å². The minimum absolute atomic E-state index is 0.239. The summed E-state index contributed by atoms with van der Waals surface area (Å²) in [6.07, 6.45) is 0.495. The summed E-state index contributed by atoms with van der Waals surface area (Å²) in [6.45, 7) is 6.13. The standard InChI is InChI=1S/C8H12OS2/c1-5(2)8(3)6(9)4-7(10)11-8/h5H,4H2,1-3H3. The van der Waals surface area contributed by atoms with Crippen molar-refractivity contribution in [3.63, 3.8) is 0 Å². The van der Waals surface area contributed by atoms with Crippen LogP contribution in [-0.2, 0) is 4.79 Å². The van der Waals surface area contributed by atoms with Crippen molar-refractivity contribution in [3.8, 4) is 0 Å². The Kier molecular flexibility index (Phi) is 2.40. The Balaban J connectivity index is 2.87. The zero-order chi connectivity index (χ0) is 8.65. The Labute approximate surface area is 76.9 Å². The maximum Gasteiger partial charge on any atom is 0.154 e. The zero-order valence-corrected chi connectivity index (χ0v) is 8.64. The summed E-state index contributed by atoms with van der Waals surface area (Å²) in [6, 6.07) is 0. The van der Waals surface area contributed by atoms with Crippen LogP contribution in [0.3, 0.4) is 0 Å². The number of ketones is 1. The highest BCUT2D eigenvalue weighted by molar-refractivity contribution is 8.25. The monoisotopic (exact) mass is 188 g/mol. The second-order valence-corrected chi connectivity index (χ2v) is 5.63. The van der Waals surface area contributed by atoms with E-state index in [1.807, 2.05) is 6.92 Å². The number of thioether (sulfide) groups is 1. The Hall–Kier alpha value is 0.110. The van der Waals surface area contributed by atoms with Gasteiger partial charge in [-0.15, -0.1) is 11.8 Å². The van der Waals surface area contributed by atoms with Gasteiger partial charge >= 0.3 is 0 Å². The van der Waals surface area contributed by atoms with Crippen LogP contribution in [0.25, 0.3) is 0 Å². The number of carbonyl (C=O) groups excluding carboxylic acids is 1. The summed E-state index contributed by atoms with van der Waals surface area (Å²) in [7, 11) is 0. The van der Waals surface area contributed by atoms with E-state index in [0.717, 1.165) is 4.20 Å². The molecule has 0 amide bonds. The van der Waals surface area contributed by atoms with Crippen molar-refractivity contribution in [2.45, 2.75) is 31.9 Å². The Morgan fingerprint density at radius 2 is 2.18 bits per heavy atom. The van der Waals surface area contributed by atoms with Crippen molar-refractivity contribution in [3.05, 3.63) is 0 Å². The summed E-state index contributed by atoms with van der Waals surface area (Å²) in [4.78, 5) is 11.4. The predicted molar refractivity (Wildman–Crippen MR) is 53.1 cm³/mol. The summed E-state index contributed by atoms with van der Waals surface area (Å²) in [5.74, 6) is 0.669. The van der Waals surface area contributed by atoms with Gasteiger partial charge in [-0.05, 0) is 12.8 Å². The van der Waals surface area contributed by atoms with Gasteiger partial charge in [0.25, 0.3) is 0 Å². The molecule has 1 aliphatic heterocycles. The van der Waals surface area contributed by atoms with Crippen LogP contribution >= 0.6 is 24.0 Å². The van der Waals surface area contributed by atoms with Gasteiger partial charge in [0.15, 0.2) is 5.78 Å². The van der Waals surface area contributed by atoms with Gasteiger partial charge in [-0.3, -0.25) is 4.79 Å². The molecule has 62 valence electrons. The Bertz CT molecular complexity index is 210. The second-order valence-electron chi connectivity index (χ2n) is 3.34. The molecule has 1 nitrogen and oxygen atoms in total. The van der Waals surface area contributed by atoms with Crippen molar-refractivity contribution < 1.29 is 4.79 Å². The van der Waals surface area contributed by atoms with Crippen molar-refractivity contribution in [1.82, 2.24) is 0 Å². The first-order chi connectivity index (χ1) is 4.97. The van der Waals surface area contributed by atoms with Crippen LogP contribution in [0.1, 0.15) is 27.2 Å². The minimum Gasteiger partial charge on any atom is -0.298 e. The van der Waals surface area contributed by atoms with E-state index in [4.69, 9.17) is 12.2 Å². The van der Waals surface area contributed by atoms with Crippen molar-refractivity contribution in [2.75, 3.05) is 0 Å². The molecular weight excluding hydrogens is 176 g/mol. The third-order valence-electron chi connectivity index (χ3n) is 2.29. The lowest BCUT2D eigenvalue weighted by molar-refractivity contribution is -0.120. The van der Waals surface area contributed by atoms with E-state index in [1.165, 1.54) is 0 Å². The maximum atomic E-state index is 11.4. The minimum atomic E-state index is -0.239. The number of rotatable bonds is 1. The van der Waals surface area contributed by atoms with Crippen LogP contribution < -0.4 is 0 Å². The fourth-order valence-electron chi connectivity index (χ4n) is 1.08. The molecule has 0 aliphatic carbocycles. The first-order valence-electron chi connectivity index (χ1n) is 3.72. The molecule has 0 saturated carbocycles. The molecular formula is C8H12OS2. The van der Waals surface area contributed by atoms with Gasteiger partial charge in [-0.25, -0.2) is 0 Å². The lowest BCUT2D eigenvalue weighted by atomic mass is 9.92. The molecule has 0 bridgehead atoms. The fourth-order valence-corrected chi connectivity index (χ4v) is 2.82. The smallest absolute Gasteiger partial charge is 0.154 e. The molecule has 1 atom stereocenters. The Morgan fingerprint density at radius 1 is 1.64 bits per heavy atom. The molecule has 1 unspecified atom stereocenters. The third-order valence-corrected chi connectivity index (χ3v) is 4.18. The molecule has 0 spiro atoms. The first-order valence-corrected chi connectivity index (χ1v) is 4.94. The highest BCUT2D eigenvalue weighted by Crippen LogP contribution is 2.42. The van der Waals surface area contributed by atoms with Gasteiger partial charge in [-0.2, -0.15) is 0 Å². The number of hydrogen-bond acceptors (Lipinski definition) is 3. The van der Waals surface area contributed by atoms with E-state index in [0.29, 0.717) is 18.1 Å². The van der Waals surface area contributed by atoms with E-state index >= 15 is 0 Å². The molecule has 1 fully saturated rings. The number of carbonyl (C=O) groups is 1. The van der Waals surface area contributed by atoms with E-state index in [9.17, 15) is 4.79 Å². The van der Waals surface area contributed by atoms with Crippen LogP contribution in [-0.4, -0.2) is 14.7 Å². The molecule has 1 saturated heterocycles. The molecule has 11 heavy (non-hydrogen) atoms. The van der Waals surface area contributed by atoms with Crippen molar-refractivity contribution in [2.24, 2.45) is 5.92 Å². The average Bonchev–Trinajstić information content (AvgIpc) is 2.08. The lowest BCUT2D eigenvalue weighted by Gasteiger charge is -2.24. The van der Waals surface area contributed by atoms with E-state index < -0.39 is 0 Å². The summed E-state index contributed by atoms with van der Waals surface area (Å²) in [5, 5.41) is 0. The molecule has 0 radical (unpaired) electrons. The number of Topliss-reactive ketones (excluding diaryl/α,β-unsaturated/α-hetero) is 1. The fraction of sp³-hybridized carbons (Fsp3) is 0.750. The van der Waals surface area contributed by atoms with Crippen molar-refractivity contribution >= 4 is 34.0 Å². The van der Waals surface area contributed by atoms with Crippen LogP contribution in [0.5, 0.6) is 0 Å². The van der Waals surface area contributed by atoms with Gasteiger partial charge in [0, 0.05) is 6.42 Å². The topological polar surface area (TPSA) is 17.1 Å². The molecule has 0 N–H and O–H groups in total. The average molecular weight is 188 g/mol. The molecule has 1 aliphatic rings. The predicted octanol–water partition coefficient (Wildman–Crippen LogP) is 2.43. The molecule has 1 heterocycles. The van der Waals surface area contributed by atoms with Gasteiger partial charge in [0.1, 0.15) is 0 Å². The highest BCUT2D eigenvalue weighted by atomic mass is 32.2. The van der Waals surface area contributed by atoms with Gasteiger partial charge in [0.05, 0.1) is 8.94 Å². The van der Waals surface area contributed by atoms with Crippen LogP contribution in [0, 0.1) is 5.92 Å². The van der Waals surface area contributed by atoms with E-state index in [-0.39, 0.29) is 4.75 Å². The van der Waals surface area contributed by atoms with E-state index in [2.05, 4.69) is 13.8 Å². The maximum absolute atomic E-state index is 11.4. The third kappa shape index (κ3) is 1.49. The summed E-state index contributed by atoms with van der Waals surface area (Å²) >= 11 is 6.57. The molecule has 0 aromatic heterocycles. The molecule has 1 rings (SSSR count). The first kappa shape index (κ1) is 9.20. The van der Waals surface area contributed by atoms with Crippen LogP contribution in [0.4, 0.5) is 0 Å². The van der Waals surface area contributed by atoms with Gasteiger partial charge < -0.3 is 0 Å². The number of hydrogen-bond donors (Lipinski definition) is 0. The summed E-state index contributed by atoms with van der Waals surface area (Å²) in [5.41, 5.74) is 0. The Morgan fingerprint density at radius 3 is 2.36 bits per heavy atom. The molecule has 3 heteroatoms. The second kappa shape index (κ2) is 2.87. The molecule has 0 aromatic carbocycles. The lowest BCUT2D eigenvalue weighted by Crippen LogP contribution is -2.32. The van der Waals surface area contributed by atoms with Crippen LogP contribution in [0.15, 0.2) is 0 Å². The van der Waals surface area contributed by atoms with Gasteiger partial charge in [0.2, 0.25) is 0 Å². The quantitative estimate of drug-likeness (QED) is 0.588. The van der Waals surface area contributed by atoms with Crippen molar-refractivity contribution in [1.29, 1.82) is 0 Å². The van der Waals surface area contributed by atoms with Crippen LogP contribution in [0.2, 0.25) is 0 Å². The largest absolute Gasteiger partial charge is 0.298 e. The number of thiocarbonyl (C=S) groups is 1. The molecule has 0 aromatic rings. The van der Waals surface area contributed by atoms with E-state index in [1.54, 1.807) is 11.8 Å². The zero-order valence-electron chi connectivity index (χ0n) is 7.01. The SMILES string of the molecule is CC(C)C1(C)SC(=S)CC1=O. The normalized spacial score (nSPS) is 32.0. The highest BCUT2D eigenvalue weighted by Gasteiger charge is 2.43. The summed E-state index contributed by atoms with van der Waals surface area (Å²) < 4.78 is 0.614.